The first-order valence-corrected chi connectivity index (χ1v) is 4.63. The number of carbonyl (C=O) groups is 1. The van der Waals surface area contributed by atoms with E-state index >= 15 is 0 Å². The molecule has 2 N–H and O–H groups in total. The molecule has 0 saturated heterocycles. The predicted octanol–water partition coefficient (Wildman–Crippen LogP) is 1.35. The Morgan fingerprint density at radius 3 is 2.67 bits per heavy atom. The fraction of sp³-hybridized carbons (Fsp3) is 0.182. The van der Waals surface area contributed by atoms with E-state index in [1.54, 1.807) is 6.92 Å². The number of nitrogens with zero attached hydrogens (tertiary/aromatic N) is 2. The Labute approximate surface area is 87.1 Å². The zero-order valence-corrected chi connectivity index (χ0v) is 8.61. The summed E-state index contributed by atoms with van der Waals surface area (Å²) in [5, 5.41) is 0.716. The molecule has 4 heteroatoms. The van der Waals surface area contributed by atoms with Gasteiger partial charge in [-0.1, -0.05) is 11.6 Å². The summed E-state index contributed by atoms with van der Waals surface area (Å²) in [6.07, 6.45) is 0. The van der Waals surface area contributed by atoms with Crippen LogP contribution in [0.2, 0.25) is 0 Å². The first-order chi connectivity index (χ1) is 7.08. The lowest BCUT2D eigenvalue weighted by molar-refractivity contribution is 0.0997. The third-order valence-corrected chi connectivity index (χ3v) is 2.20. The highest BCUT2D eigenvalue weighted by atomic mass is 16.1. The number of primary amides is 1. The number of aromatic nitrogens is 2. The van der Waals surface area contributed by atoms with Crippen molar-refractivity contribution in [3.8, 4) is 0 Å². The van der Waals surface area contributed by atoms with Crippen molar-refractivity contribution in [2.75, 3.05) is 0 Å². The molecule has 0 atom stereocenters. The molecule has 76 valence electrons. The van der Waals surface area contributed by atoms with Gasteiger partial charge in [-0.15, -0.1) is 0 Å². The number of fused-ring (bicyclic) bond motifs is 1. The van der Waals surface area contributed by atoms with Crippen LogP contribution in [0.3, 0.4) is 0 Å². The topological polar surface area (TPSA) is 68.9 Å². The van der Waals surface area contributed by atoms with Crippen LogP contribution in [0.15, 0.2) is 18.2 Å². The van der Waals surface area contributed by atoms with Gasteiger partial charge in [-0.3, -0.25) is 4.79 Å². The number of benzene rings is 1. The molecule has 1 amide bonds. The highest BCUT2D eigenvalue weighted by Gasteiger charge is 2.10. The molecule has 15 heavy (non-hydrogen) atoms. The van der Waals surface area contributed by atoms with Crippen molar-refractivity contribution in [1.29, 1.82) is 0 Å². The Morgan fingerprint density at radius 2 is 2.00 bits per heavy atom. The van der Waals surface area contributed by atoms with Gasteiger partial charge in [-0.05, 0) is 26.0 Å². The number of amides is 1. The van der Waals surface area contributed by atoms with Gasteiger partial charge in [-0.25, -0.2) is 9.97 Å². The number of hydrogen-bond donors (Lipinski definition) is 1. The fourth-order valence-electron chi connectivity index (χ4n) is 1.55. The van der Waals surface area contributed by atoms with E-state index < -0.39 is 5.91 Å². The SMILES string of the molecule is Cc1ccc2nc(C)nc(C(N)=O)c2c1. The fourth-order valence-corrected chi connectivity index (χ4v) is 1.55. The summed E-state index contributed by atoms with van der Waals surface area (Å²) in [7, 11) is 0. The zero-order valence-electron chi connectivity index (χ0n) is 8.61. The van der Waals surface area contributed by atoms with Gasteiger partial charge in [0, 0.05) is 5.39 Å². The Hall–Kier alpha value is -1.97. The lowest BCUT2D eigenvalue weighted by atomic mass is 10.1. The Morgan fingerprint density at radius 1 is 1.27 bits per heavy atom. The van der Waals surface area contributed by atoms with Gasteiger partial charge in [-0.2, -0.15) is 0 Å². The first-order valence-electron chi connectivity index (χ1n) is 4.63. The van der Waals surface area contributed by atoms with E-state index in [9.17, 15) is 4.79 Å². The molecule has 2 rings (SSSR count). The molecule has 1 aromatic carbocycles. The van der Waals surface area contributed by atoms with Crippen LogP contribution in [0.1, 0.15) is 21.9 Å². The van der Waals surface area contributed by atoms with E-state index in [1.165, 1.54) is 0 Å². The zero-order chi connectivity index (χ0) is 11.0. The van der Waals surface area contributed by atoms with Crippen LogP contribution in [0, 0.1) is 13.8 Å². The molecule has 2 aromatic rings. The molecule has 0 aliphatic rings. The molecule has 0 unspecified atom stereocenters. The number of nitrogens with two attached hydrogens (primary N) is 1. The number of rotatable bonds is 1. The summed E-state index contributed by atoms with van der Waals surface area (Å²) in [4.78, 5) is 19.5. The molecular formula is C11H11N3O. The molecule has 0 fully saturated rings. The van der Waals surface area contributed by atoms with E-state index in [0.29, 0.717) is 16.9 Å². The van der Waals surface area contributed by atoms with Gasteiger partial charge < -0.3 is 5.73 Å². The van der Waals surface area contributed by atoms with Crippen LogP contribution in [-0.4, -0.2) is 15.9 Å². The Bertz CT molecular complexity index is 549. The lowest BCUT2D eigenvalue weighted by Gasteiger charge is -2.04. The predicted molar refractivity (Wildman–Crippen MR) is 57.5 cm³/mol. The van der Waals surface area contributed by atoms with Crippen LogP contribution < -0.4 is 5.73 Å². The monoisotopic (exact) mass is 201 g/mol. The average molecular weight is 201 g/mol. The van der Waals surface area contributed by atoms with Crippen LogP contribution >= 0.6 is 0 Å². The summed E-state index contributed by atoms with van der Waals surface area (Å²) in [5.74, 6) is 0.0382. The minimum Gasteiger partial charge on any atom is -0.364 e. The average Bonchev–Trinajstić information content (AvgIpc) is 2.17. The van der Waals surface area contributed by atoms with Crippen molar-refractivity contribution in [1.82, 2.24) is 9.97 Å². The van der Waals surface area contributed by atoms with E-state index in [-0.39, 0.29) is 0 Å². The largest absolute Gasteiger partial charge is 0.364 e. The van der Waals surface area contributed by atoms with Crippen molar-refractivity contribution in [3.05, 3.63) is 35.3 Å². The van der Waals surface area contributed by atoms with E-state index in [2.05, 4.69) is 9.97 Å². The molecule has 0 bridgehead atoms. The number of aryl methyl sites for hydroxylation is 2. The summed E-state index contributed by atoms with van der Waals surface area (Å²) in [6.45, 7) is 3.69. The van der Waals surface area contributed by atoms with Crippen molar-refractivity contribution in [3.63, 3.8) is 0 Å². The van der Waals surface area contributed by atoms with Crippen LogP contribution in [0.5, 0.6) is 0 Å². The van der Waals surface area contributed by atoms with Gasteiger partial charge in [0.1, 0.15) is 11.5 Å². The smallest absolute Gasteiger partial charge is 0.268 e. The number of carbonyl (C=O) groups excluding carboxylic acids is 1. The van der Waals surface area contributed by atoms with Gasteiger partial charge >= 0.3 is 0 Å². The minimum absolute atomic E-state index is 0.293. The quantitative estimate of drug-likeness (QED) is 0.757. The van der Waals surface area contributed by atoms with Gasteiger partial charge in [0.05, 0.1) is 5.52 Å². The second kappa shape index (κ2) is 3.31. The normalized spacial score (nSPS) is 10.5. The molecule has 4 nitrogen and oxygen atoms in total. The summed E-state index contributed by atoms with van der Waals surface area (Å²) < 4.78 is 0. The molecule has 0 aliphatic heterocycles. The summed E-state index contributed by atoms with van der Waals surface area (Å²) in [6, 6.07) is 5.68. The van der Waals surface area contributed by atoms with Gasteiger partial charge in [0.15, 0.2) is 0 Å². The third kappa shape index (κ3) is 1.66. The maximum Gasteiger partial charge on any atom is 0.268 e. The van der Waals surface area contributed by atoms with E-state index in [1.807, 2.05) is 25.1 Å². The van der Waals surface area contributed by atoms with Crippen LogP contribution in [0.25, 0.3) is 10.9 Å². The second-order valence-corrected chi connectivity index (χ2v) is 3.50. The molecule has 1 heterocycles. The van der Waals surface area contributed by atoms with Crippen molar-refractivity contribution < 1.29 is 4.79 Å². The summed E-state index contributed by atoms with van der Waals surface area (Å²) >= 11 is 0. The lowest BCUT2D eigenvalue weighted by Crippen LogP contribution is -2.15. The van der Waals surface area contributed by atoms with E-state index in [4.69, 9.17) is 5.73 Å². The van der Waals surface area contributed by atoms with Crippen molar-refractivity contribution in [2.45, 2.75) is 13.8 Å². The molecule has 0 radical (unpaired) electrons. The van der Waals surface area contributed by atoms with E-state index in [0.717, 1.165) is 11.1 Å². The summed E-state index contributed by atoms with van der Waals surface area (Å²) in [5.41, 5.74) is 7.37. The van der Waals surface area contributed by atoms with Crippen molar-refractivity contribution in [2.24, 2.45) is 5.73 Å². The Balaban J connectivity index is 2.87. The van der Waals surface area contributed by atoms with Crippen LogP contribution in [-0.2, 0) is 0 Å². The van der Waals surface area contributed by atoms with Crippen LogP contribution in [0.4, 0.5) is 0 Å². The molecule has 0 aliphatic carbocycles. The maximum atomic E-state index is 11.2. The molecular weight excluding hydrogens is 190 g/mol. The Kier molecular flexibility index (Phi) is 2.11. The maximum absolute atomic E-state index is 11.2. The highest BCUT2D eigenvalue weighted by molar-refractivity contribution is 6.03. The minimum atomic E-state index is -0.517. The molecule has 0 saturated carbocycles. The van der Waals surface area contributed by atoms with Gasteiger partial charge in [0.2, 0.25) is 0 Å². The first kappa shape index (κ1) is 9.58. The second-order valence-electron chi connectivity index (χ2n) is 3.50. The van der Waals surface area contributed by atoms with Gasteiger partial charge in [0.25, 0.3) is 5.91 Å². The third-order valence-electron chi connectivity index (χ3n) is 2.20. The standard InChI is InChI=1S/C11H11N3O/c1-6-3-4-9-8(5-6)10(11(12)15)14-7(2)13-9/h3-5H,1-2H3,(H2,12,15). The highest BCUT2D eigenvalue weighted by Crippen LogP contribution is 2.17. The number of hydrogen-bond acceptors (Lipinski definition) is 3. The van der Waals surface area contributed by atoms with Crippen molar-refractivity contribution >= 4 is 16.8 Å². The molecule has 1 aromatic heterocycles. The molecule has 0 spiro atoms.